The molecule has 1 unspecified atom stereocenters. The van der Waals surface area contributed by atoms with Crippen molar-refractivity contribution in [2.75, 3.05) is 24.7 Å². The Bertz CT molecular complexity index is 1720. The molecule has 10 heteroatoms. The normalized spacial score (nSPS) is 17.9. The fourth-order valence-corrected chi connectivity index (χ4v) is 6.02. The number of aliphatic hydroxyl groups excluding tert-OH is 1. The molecule has 40 heavy (non-hydrogen) atoms. The molecular weight excluding hydrogens is 532 g/mol. The Hall–Kier alpha value is -4.70. The number of benzene rings is 3. The van der Waals surface area contributed by atoms with E-state index in [2.05, 4.69) is 4.98 Å². The number of anilines is 1. The highest BCUT2D eigenvalue weighted by atomic mass is 32.1. The molecule has 4 aromatic rings. The molecule has 0 radical (unpaired) electrons. The van der Waals surface area contributed by atoms with Gasteiger partial charge in [-0.05, 0) is 48.4 Å². The lowest BCUT2D eigenvalue weighted by molar-refractivity contribution is -0.132. The molecular formula is C30H24N2O7S. The average Bonchev–Trinajstić information content (AvgIpc) is 3.48. The van der Waals surface area contributed by atoms with E-state index < -0.39 is 23.7 Å². The number of ether oxygens (including phenoxy) is 3. The summed E-state index contributed by atoms with van der Waals surface area (Å²) in [5.41, 5.74) is 1.21. The lowest BCUT2D eigenvalue weighted by atomic mass is 9.91. The number of ketones is 1. The summed E-state index contributed by atoms with van der Waals surface area (Å²) in [6.07, 6.45) is 0. The number of esters is 1. The zero-order valence-corrected chi connectivity index (χ0v) is 22.5. The molecule has 6 rings (SSSR count). The molecule has 9 nitrogen and oxygen atoms in total. The van der Waals surface area contributed by atoms with Gasteiger partial charge in [-0.3, -0.25) is 14.5 Å². The highest BCUT2D eigenvalue weighted by Crippen LogP contribution is 2.46. The molecule has 0 aliphatic carbocycles. The van der Waals surface area contributed by atoms with Crippen LogP contribution >= 0.6 is 11.3 Å². The van der Waals surface area contributed by atoms with Crippen molar-refractivity contribution in [1.29, 1.82) is 0 Å². The van der Waals surface area contributed by atoms with Crippen LogP contribution in [0.1, 0.15) is 39.5 Å². The summed E-state index contributed by atoms with van der Waals surface area (Å²) in [7, 11) is 0. The van der Waals surface area contributed by atoms with Gasteiger partial charge < -0.3 is 19.3 Å². The van der Waals surface area contributed by atoms with Gasteiger partial charge in [0.15, 0.2) is 16.6 Å². The number of Topliss-reactive ketones (excluding diaryl/α,β-unsaturated/α-hetero) is 1. The topological polar surface area (TPSA) is 115 Å². The Morgan fingerprint density at radius 1 is 1.07 bits per heavy atom. The number of carbonyl (C=O) groups is 3. The summed E-state index contributed by atoms with van der Waals surface area (Å²) < 4.78 is 16.4. The summed E-state index contributed by atoms with van der Waals surface area (Å²) >= 11 is 0.969. The van der Waals surface area contributed by atoms with Crippen LogP contribution in [-0.2, 0) is 14.3 Å². The second-order valence-corrected chi connectivity index (χ2v) is 10.2. The molecule has 1 saturated heterocycles. The van der Waals surface area contributed by atoms with E-state index in [1.54, 1.807) is 32.0 Å². The van der Waals surface area contributed by atoms with Crippen LogP contribution in [0.3, 0.4) is 0 Å². The summed E-state index contributed by atoms with van der Waals surface area (Å²) in [5, 5.41) is 13.4. The van der Waals surface area contributed by atoms with Crippen LogP contribution in [0.2, 0.25) is 0 Å². The molecule has 1 aromatic heterocycles. The van der Waals surface area contributed by atoms with E-state index in [1.165, 1.54) is 4.90 Å². The van der Waals surface area contributed by atoms with E-state index in [9.17, 15) is 19.5 Å². The number of nitrogens with zero attached hydrogens (tertiary/aromatic N) is 2. The SMILES string of the molecule is CCOC(=O)c1sc(N2C(=O)C(=O)C(=C(O)c3ccc4c(c3)OCCO4)C2c2cccc3ccccc23)nc1C. The van der Waals surface area contributed by atoms with Gasteiger partial charge in [0, 0.05) is 5.56 Å². The predicted molar refractivity (Wildman–Crippen MR) is 149 cm³/mol. The molecule has 0 saturated carbocycles. The third kappa shape index (κ3) is 4.17. The first-order valence-electron chi connectivity index (χ1n) is 12.7. The minimum Gasteiger partial charge on any atom is -0.507 e. The lowest BCUT2D eigenvalue weighted by Gasteiger charge is -2.24. The molecule has 3 aromatic carbocycles. The Balaban J connectivity index is 1.57. The zero-order valence-electron chi connectivity index (χ0n) is 21.7. The van der Waals surface area contributed by atoms with Gasteiger partial charge in [0.1, 0.15) is 23.9 Å². The van der Waals surface area contributed by atoms with Gasteiger partial charge in [0.05, 0.1) is 23.9 Å². The number of aliphatic hydroxyl groups is 1. The van der Waals surface area contributed by atoms with Crippen molar-refractivity contribution in [3.8, 4) is 11.5 Å². The molecule has 0 spiro atoms. The van der Waals surface area contributed by atoms with Gasteiger partial charge in [-0.15, -0.1) is 0 Å². The van der Waals surface area contributed by atoms with Crippen LogP contribution in [0, 0.1) is 6.92 Å². The predicted octanol–water partition coefficient (Wildman–Crippen LogP) is 5.18. The van der Waals surface area contributed by atoms with Crippen molar-refractivity contribution in [2.45, 2.75) is 19.9 Å². The second kappa shape index (κ2) is 10.1. The third-order valence-corrected chi connectivity index (χ3v) is 7.97. The van der Waals surface area contributed by atoms with Crippen LogP contribution < -0.4 is 14.4 Å². The molecule has 0 bridgehead atoms. The standard InChI is InChI=1S/C30H24N2O7S/c1-3-37-29(36)27-16(2)31-30(40-27)32-24(20-10-6-8-17-7-4-5-9-19(17)20)23(26(34)28(32)35)25(33)18-11-12-21-22(15-18)39-14-13-38-21/h4-12,15,24,33H,3,13-14H2,1-2H3. The highest BCUT2D eigenvalue weighted by molar-refractivity contribution is 7.17. The van der Waals surface area contributed by atoms with E-state index in [0.717, 1.165) is 22.1 Å². The highest BCUT2D eigenvalue weighted by Gasteiger charge is 2.49. The number of hydrogen-bond donors (Lipinski definition) is 1. The van der Waals surface area contributed by atoms with Gasteiger partial charge in [0.25, 0.3) is 5.78 Å². The fourth-order valence-electron chi connectivity index (χ4n) is 5.03. The largest absolute Gasteiger partial charge is 0.507 e. The van der Waals surface area contributed by atoms with E-state index >= 15 is 0 Å². The summed E-state index contributed by atoms with van der Waals surface area (Å²) in [6, 6.07) is 17.0. The minimum atomic E-state index is -1.01. The van der Waals surface area contributed by atoms with Gasteiger partial charge in [-0.2, -0.15) is 0 Å². The van der Waals surface area contributed by atoms with Crippen molar-refractivity contribution in [3.05, 3.63) is 87.9 Å². The monoisotopic (exact) mass is 556 g/mol. The average molecular weight is 557 g/mol. The third-order valence-electron chi connectivity index (χ3n) is 6.83. The molecule has 1 amide bonds. The van der Waals surface area contributed by atoms with E-state index in [0.29, 0.717) is 41.5 Å². The number of carbonyl (C=O) groups excluding carboxylic acids is 3. The summed E-state index contributed by atoms with van der Waals surface area (Å²) in [4.78, 5) is 45.9. The van der Waals surface area contributed by atoms with Gasteiger partial charge >= 0.3 is 11.9 Å². The minimum absolute atomic E-state index is 0.0939. The number of thiazole rings is 1. The Morgan fingerprint density at radius 3 is 2.62 bits per heavy atom. The van der Waals surface area contributed by atoms with Crippen LogP contribution in [0.5, 0.6) is 11.5 Å². The van der Waals surface area contributed by atoms with E-state index in [4.69, 9.17) is 14.2 Å². The molecule has 1 fully saturated rings. The van der Waals surface area contributed by atoms with Crippen molar-refractivity contribution in [3.63, 3.8) is 0 Å². The molecule has 2 aliphatic heterocycles. The van der Waals surface area contributed by atoms with Gasteiger partial charge in [-0.1, -0.05) is 53.8 Å². The molecule has 1 N–H and O–H groups in total. The number of hydrogen-bond acceptors (Lipinski definition) is 9. The van der Waals surface area contributed by atoms with Crippen molar-refractivity contribution >= 4 is 50.7 Å². The van der Waals surface area contributed by atoms with Gasteiger partial charge in [0.2, 0.25) is 0 Å². The van der Waals surface area contributed by atoms with Gasteiger partial charge in [-0.25, -0.2) is 9.78 Å². The second-order valence-electron chi connectivity index (χ2n) is 9.23. The number of amides is 1. The maximum atomic E-state index is 13.7. The van der Waals surface area contributed by atoms with Crippen molar-refractivity contribution in [1.82, 2.24) is 4.98 Å². The Morgan fingerprint density at radius 2 is 1.82 bits per heavy atom. The molecule has 1 atom stereocenters. The number of aromatic nitrogens is 1. The first-order valence-corrected chi connectivity index (χ1v) is 13.5. The Labute approximate surface area is 233 Å². The first-order chi connectivity index (χ1) is 19.4. The van der Waals surface area contributed by atoms with Crippen LogP contribution in [0.4, 0.5) is 5.13 Å². The van der Waals surface area contributed by atoms with E-state index in [1.807, 2.05) is 42.5 Å². The lowest BCUT2D eigenvalue weighted by Crippen LogP contribution is -2.29. The fraction of sp³-hybridized carbons (Fsp3) is 0.200. The van der Waals surface area contributed by atoms with Crippen LogP contribution in [-0.4, -0.2) is 47.6 Å². The number of fused-ring (bicyclic) bond motifs is 2. The smallest absolute Gasteiger partial charge is 0.350 e. The summed E-state index contributed by atoms with van der Waals surface area (Å²) in [5.74, 6) is -1.68. The van der Waals surface area contributed by atoms with Crippen molar-refractivity contribution in [2.24, 2.45) is 0 Å². The summed E-state index contributed by atoms with van der Waals surface area (Å²) in [6.45, 7) is 4.29. The maximum Gasteiger partial charge on any atom is 0.350 e. The van der Waals surface area contributed by atoms with Crippen LogP contribution in [0.15, 0.2) is 66.2 Å². The number of aryl methyl sites for hydroxylation is 1. The molecule has 3 heterocycles. The first kappa shape index (κ1) is 25.6. The molecule has 202 valence electrons. The maximum absolute atomic E-state index is 13.7. The van der Waals surface area contributed by atoms with Crippen LogP contribution in [0.25, 0.3) is 16.5 Å². The van der Waals surface area contributed by atoms with Crippen molar-refractivity contribution < 1.29 is 33.7 Å². The van der Waals surface area contributed by atoms with E-state index in [-0.39, 0.29) is 27.9 Å². The zero-order chi connectivity index (χ0) is 28.0. The quantitative estimate of drug-likeness (QED) is 0.155. The number of rotatable bonds is 5. The molecule has 2 aliphatic rings. The Kier molecular flexibility index (Phi) is 6.47.